The summed E-state index contributed by atoms with van der Waals surface area (Å²) in [7, 11) is 0. The van der Waals surface area contributed by atoms with Crippen molar-refractivity contribution in [3.05, 3.63) is 45.6 Å². The molecule has 2 aromatic rings. The molecule has 0 spiro atoms. The fraction of sp³-hybridized carbons (Fsp3) is 0.154. The zero-order valence-electron chi connectivity index (χ0n) is 10.5. The molecule has 100 valence electrons. The first-order valence-corrected chi connectivity index (χ1v) is 7.54. The largest absolute Gasteiger partial charge is 0.399 e. The Morgan fingerprint density at radius 1 is 1.42 bits per heavy atom. The number of carbonyl (C=O) groups is 1. The number of aryl methyl sites for hydroxylation is 1. The van der Waals surface area contributed by atoms with Crippen LogP contribution in [0.4, 0.5) is 5.69 Å². The number of nitrogens with two attached hydrogens (primary N) is 2. The molecule has 0 fully saturated rings. The molecule has 1 amide bonds. The molecule has 0 radical (unpaired) electrons. The molecular weight excluding hydrogens is 278 g/mol. The highest BCUT2D eigenvalue weighted by atomic mass is 32.2. The summed E-state index contributed by atoms with van der Waals surface area (Å²) >= 11 is 3.06. The molecule has 1 aromatic carbocycles. The Labute approximate surface area is 120 Å². The summed E-state index contributed by atoms with van der Waals surface area (Å²) in [6.45, 7) is 2.04. The number of thioether (sulfide) groups is 1. The van der Waals surface area contributed by atoms with Gasteiger partial charge < -0.3 is 5.73 Å². The molecule has 5 N–H and O–H groups in total. The minimum absolute atomic E-state index is 0.241. The molecule has 0 aliphatic carbocycles. The Kier molecular flexibility index (Phi) is 4.47. The molecule has 4 nitrogen and oxygen atoms in total. The summed E-state index contributed by atoms with van der Waals surface area (Å²) in [5.41, 5.74) is 10.9. The average molecular weight is 293 g/mol. The molecule has 0 saturated heterocycles. The molecule has 2 rings (SSSR count). The van der Waals surface area contributed by atoms with Gasteiger partial charge in [-0.3, -0.25) is 10.2 Å². The fourth-order valence-corrected chi connectivity index (χ4v) is 3.63. The highest BCUT2D eigenvalue weighted by Crippen LogP contribution is 2.30. The molecular formula is C13H15N3OS2. The molecule has 19 heavy (non-hydrogen) atoms. The maximum atomic E-state index is 11.6. The lowest BCUT2D eigenvalue weighted by Gasteiger charge is -2.07. The summed E-state index contributed by atoms with van der Waals surface area (Å²) in [6, 6.07) is 7.79. The maximum absolute atomic E-state index is 11.6. The van der Waals surface area contributed by atoms with Crippen molar-refractivity contribution in [2.24, 2.45) is 5.84 Å². The third kappa shape index (κ3) is 3.28. The van der Waals surface area contributed by atoms with Crippen LogP contribution in [-0.4, -0.2) is 5.91 Å². The van der Waals surface area contributed by atoms with Gasteiger partial charge in [0, 0.05) is 16.3 Å². The molecule has 0 saturated carbocycles. The number of rotatable bonds is 4. The van der Waals surface area contributed by atoms with Gasteiger partial charge in [-0.15, -0.1) is 23.1 Å². The first-order valence-electron chi connectivity index (χ1n) is 5.68. The van der Waals surface area contributed by atoms with Gasteiger partial charge in [-0.05, 0) is 41.6 Å². The number of benzene rings is 1. The maximum Gasteiger partial charge on any atom is 0.275 e. The van der Waals surface area contributed by atoms with E-state index in [1.54, 1.807) is 11.8 Å². The lowest BCUT2D eigenvalue weighted by molar-refractivity contribution is 0.0957. The summed E-state index contributed by atoms with van der Waals surface area (Å²) in [5.74, 6) is 5.65. The van der Waals surface area contributed by atoms with Crippen molar-refractivity contribution in [3.8, 4) is 0 Å². The van der Waals surface area contributed by atoms with E-state index in [2.05, 4.69) is 5.43 Å². The van der Waals surface area contributed by atoms with Crippen molar-refractivity contribution in [1.82, 2.24) is 5.43 Å². The average Bonchev–Trinajstić information content (AvgIpc) is 2.87. The molecule has 0 atom stereocenters. The van der Waals surface area contributed by atoms with Gasteiger partial charge in [0.25, 0.3) is 5.91 Å². The molecule has 6 heteroatoms. The number of hydrogen-bond donors (Lipinski definition) is 3. The van der Waals surface area contributed by atoms with Gasteiger partial charge in [0.1, 0.15) is 0 Å². The van der Waals surface area contributed by atoms with Crippen LogP contribution in [0.2, 0.25) is 0 Å². The number of anilines is 1. The van der Waals surface area contributed by atoms with Gasteiger partial charge in [-0.2, -0.15) is 0 Å². The minimum Gasteiger partial charge on any atom is -0.399 e. The number of thiophene rings is 1. The first-order chi connectivity index (χ1) is 9.11. The zero-order valence-corrected chi connectivity index (χ0v) is 12.1. The summed E-state index contributed by atoms with van der Waals surface area (Å²) < 4.78 is 0. The monoisotopic (exact) mass is 293 g/mol. The molecule has 0 unspecified atom stereocenters. The quantitative estimate of drug-likeness (QED) is 0.266. The van der Waals surface area contributed by atoms with Crippen LogP contribution in [0.15, 0.2) is 34.5 Å². The van der Waals surface area contributed by atoms with Crippen molar-refractivity contribution >= 4 is 34.7 Å². The number of nitrogen functional groups attached to an aromatic ring is 2. The van der Waals surface area contributed by atoms with E-state index in [-0.39, 0.29) is 5.91 Å². The summed E-state index contributed by atoms with van der Waals surface area (Å²) in [6.07, 6.45) is 0. The van der Waals surface area contributed by atoms with Crippen LogP contribution in [-0.2, 0) is 5.75 Å². The van der Waals surface area contributed by atoms with E-state index >= 15 is 0 Å². The molecule has 0 aliphatic heterocycles. The van der Waals surface area contributed by atoms with Crippen LogP contribution < -0.4 is 17.0 Å². The van der Waals surface area contributed by atoms with Crippen molar-refractivity contribution in [1.29, 1.82) is 0 Å². The third-order valence-corrected chi connectivity index (χ3v) is 4.84. The van der Waals surface area contributed by atoms with Crippen molar-refractivity contribution in [3.63, 3.8) is 0 Å². The smallest absolute Gasteiger partial charge is 0.275 e. The molecule has 1 heterocycles. The normalized spacial score (nSPS) is 10.4. The number of nitrogens with one attached hydrogen (secondary N) is 1. The van der Waals surface area contributed by atoms with Gasteiger partial charge in [0.05, 0.1) is 4.88 Å². The lowest BCUT2D eigenvalue weighted by Crippen LogP contribution is -2.29. The highest BCUT2D eigenvalue weighted by molar-refractivity contribution is 7.98. The molecule has 0 aliphatic rings. The van der Waals surface area contributed by atoms with Gasteiger partial charge in [-0.25, -0.2) is 5.84 Å². The molecule has 1 aromatic heterocycles. The standard InChI is InChI=1S/C13H15N3OS2/c1-8-2-3-10(14)6-11(8)19-7-9-4-5-18-12(9)13(17)16-15/h2-6H,7,14-15H2,1H3,(H,16,17). The van der Waals surface area contributed by atoms with Gasteiger partial charge >= 0.3 is 0 Å². The highest BCUT2D eigenvalue weighted by Gasteiger charge is 2.12. The predicted octanol–water partition coefficient (Wildman–Crippen LogP) is 2.53. The predicted molar refractivity (Wildman–Crippen MR) is 81.1 cm³/mol. The van der Waals surface area contributed by atoms with Crippen LogP contribution in [0.1, 0.15) is 20.8 Å². The Morgan fingerprint density at radius 3 is 2.95 bits per heavy atom. The van der Waals surface area contributed by atoms with Gasteiger partial charge in [0.15, 0.2) is 0 Å². The topological polar surface area (TPSA) is 81.1 Å². The minimum atomic E-state index is -0.241. The second-order valence-corrected chi connectivity index (χ2v) is 6.00. The zero-order chi connectivity index (χ0) is 13.8. The van der Waals surface area contributed by atoms with E-state index in [9.17, 15) is 4.79 Å². The van der Waals surface area contributed by atoms with E-state index in [1.165, 1.54) is 16.9 Å². The second-order valence-electron chi connectivity index (χ2n) is 4.06. The number of amides is 1. The SMILES string of the molecule is Cc1ccc(N)cc1SCc1ccsc1C(=O)NN. The van der Waals surface area contributed by atoms with Crippen LogP contribution >= 0.6 is 23.1 Å². The fourth-order valence-electron chi connectivity index (χ4n) is 1.64. The summed E-state index contributed by atoms with van der Waals surface area (Å²) in [5, 5.41) is 1.90. The Bertz CT molecular complexity index is 595. The van der Waals surface area contributed by atoms with Crippen molar-refractivity contribution < 1.29 is 4.79 Å². The van der Waals surface area contributed by atoms with Crippen molar-refractivity contribution in [2.75, 3.05) is 5.73 Å². The number of hydrazine groups is 1. The van der Waals surface area contributed by atoms with E-state index in [0.29, 0.717) is 4.88 Å². The van der Waals surface area contributed by atoms with Crippen LogP contribution in [0.3, 0.4) is 0 Å². The Morgan fingerprint density at radius 2 is 2.21 bits per heavy atom. The lowest BCUT2D eigenvalue weighted by atomic mass is 10.2. The summed E-state index contributed by atoms with van der Waals surface area (Å²) in [4.78, 5) is 13.4. The van der Waals surface area contributed by atoms with Crippen LogP contribution in [0.25, 0.3) is 0 Å². The van der Waals surface area contributed by atoms with E-state index in [1.807, 2.05) is 36.6 Å². The van der Waals surface area contributed by atoms with Crippen molar-refractivity contribution in [2.45, 2.75) is 17.6 Å². The molecule has 0 bridgehead atoms. The number of hydrogen-bond acceptors (Lipinski definition) is 5. The van der Waals surface area contributed by atoms with Crippen LogP contribution in [0, 0.1) is 6.92 Å². The Balaban J connectivity index is 2.13. The van der Waals surface area contributed by atoms with E-state index < -0.39 is 0 Å². The van der Waals surface area contributed by atoms with Gasteiger partial charge in [-0.1, -0.05) is 6.07 Å². The first kappa shape index (κ1) is 13.9. The third-order valence-electron chi connectivity index (χ3n) is 2.68. The van der Waals surface area contributed by atoms with E-state index in [0.717, 1.165) is 21.9 Å². The van der Waals surface area contributed by atoms with Gasteiger partial charge in [0.2, 0.25) is 0 Å². The number of carbonyl (C=O) groups excluding carboxylic acids is 1. The second kappa shape index (κ2) is 6.10. The van der Waals surface area contributed by atoms with Crippen LogP contribution in [0.5, 0.6) is 0 Å². The van der Waals surface area contributed by atoms with E-state index in [4.69, 9.17) is 11.6 Å². The Hall–Kier alpha value is -1.50.